The van der Waals surface area contributed by atoms with Crippen molar-refractivity contribution in [3.8, 4) is 17.2 Å². The maximum absolute atomic E-state index is 12.0. The second-order valence-corrected chi connectivity index (χ2v) is 5.67. The van der Waals surface area contributed by atoms with Crippen molar-refractivity contribution in [2.75, 3.05) is 18.5 Å². The fourth-order valence-corrected chi connectivity index (χ4v) is 2.33. The Hall–Kier alpha value is -3.28. The zero-order valence-electron chi connectivity index (χ0n) is 14.6. The van der Waals surface area contributed by atoms with Gasteiger partial charge in [0.1, 0.15) is 11.5 Å². The van der Waals surface area contributed by atoms with E-state index in [1.807, 2.05) is 47.2 Å². The number of ether oxygens (including phenoxy) is 2. The minimum atomic E-state index is -0.216. The van der Waals surface area contributed by atoms with Crippen molar-refractivity contribution in [1.29, 1.82) is 0 Å². The number of amides is 1. The Morgan fingerprint density at radius 3 is 2.35 bits per heavy atom. The Bertz CT molecular complexity index is 813. The fraction of sp³-hybridized carbons (Fsp3) is 0.200. The van der Waals surface area contributed by atoms with Crippen molar-refractivity contribution in [3.63, 3.8) is 0 Å². The summed E-state index contributed by atoms with van der Waals surface area (Å²) in [5.41, 5.74) is 1.69. The number of imidazole rings is 1. The molecular weight excluding hydrogens is 330 g/mol. The lowest BCUT2D eigenvalue weighted by molar-refractivity contribution is -0.118. The van der Waals surface area contributed by atoms with Crippen LogP contribution in [-0.4, -0.2) is 28.7 Å². The zero-order chi connectivity index (χ0) is 18.2. The van der Waals surface area contributed by atoms with Crippen molar-refractivity contribution < 1.29 is 14.3 Å². The molecule has 0 unspecified atom stereocenters. The number of hydrogen-bond acceptors (Lipinski definition) is 4. The molecule has 0 saturated heterocycles. The Labute approximate surface area is 152 Å². The van der Waals surface area contributed by atoms with Crippen LogP contribution in [0, 0.1) is 0 Å². The van der Waals surface area contributed by atoms with E-state index in [0.717, 1.165) is 17.9 Å². The molecule has 0 atom stereocenters. The first-order valence-corrected chi connectivity index (χ1v) is 8.48. The van der Waals surface area contributed by atoms with Gasteiger partial charge in [-0.15, -0.1) is 0 Å². The van der Waals surface area contributed by atoms with Gasteiger partial charge in [0.2, 0.25) is 0 Å². The first-order valence-electron chi connectivity index (χ1n) is 8.48. The molecule has 1 amide bonds. The van der Waals surface area contributed by atoms with E-state index in [0.29, 0.717) is 18.0 Å². The molecule has 2 aromatic carbocycles. The molecule has 0 bridgehead atoms. The monoisotopic (exact) mass is 351 g/mol. The summed E-state index contributed by atoms with van der Waals surface area (Å²) < 4.78 is 12.9. The molecule has 1 heterocycles. The highest BCUT2D eigenvalue weighted by atomic mass is 16.5. The third kappa shape index (κ3) is 4.86. The normalized spacial score (nSPS) is 10.3. The molecule has 0 aliphatic rings. The van der Waals surface area contributed by atoms with Gasteiger partial charge in [0.15, 0.2) is 6.61 Å². The summed E-state index contributed by atoms with van der Waals surface area (Å²) in [6.45, 7) is 2.68. The van der Waals surface area contributed by atoms with Gasteiger partial charge in [0, 0.05) is 23.8 Å². The smallest absolute Gasteiger partial charge is 0.262 e. The molecule has 1 N–H and O–H groups in total. The van der Waals surface area contributed by atoms with Crippen molar-refractivity contribution >= 4 is 11.6 Å². The minimum Gasteiger partial charge on any atom is -0.494 e. The van der Waals surface area contributed by atoms with Gasteiger partial charge in [-0.25, -0.2) is 4.98 Å². The van der Waals surface area contributed by atoms with E-state index in [2.05, 4.69) is 17.2 Å². The summed E-state index contributed by atoms with van der Waals surface area (Å²) in [7, 11) is 0. The number of nitrogens with zero attached hydrogens (tertiary/aromatic N) is 2. The lowest BCUT2D eigenvalue weighted by atomic mass is 10.2. The first kappa shape index (κ1) is 17.5. The third-order valence-electron chi connectivity index (χ3n) is 3.62. The summed E-state index contributed by atoms with van der Waals surface area (Å²) in [6, 6.07) is 14.7. The Morgan fingerprint density at radius 2 is 1.73 bits per heavy atom. The lowest BCUT2D eigenvalue weighted by Crippen LogP contribution is -2.20. The summed E-state index contributed by atoms with van der Waals surface area (Å²) in [5, 5.41) is 2.81. The number of carbonyl (C=O) groups is 1. The van der Waals surface area contributed by atoms with Crippen LogP contribution in [0.15, 0.2) is 67.3 Å². The van der Waals surface area contributed by atoms with Crippen LogP contribution < -0.4 is 14.8 Å². The van der Waals surface area contributed by atoms with E-state index in [9.17, 15) is 4.79 Å². The fourth-order valence-electron chi connectivity index (χ4n) is 2.33. The number of rotatable bonds is 8. The van der Waals surface area contributed by atoms with Crippen LogP contribution in [0.25, 0.3) is 5.69 Å². The number of nitrogens with one attached hydrogen (secondary N) is 1. The Balaban J connectivity index is 1.48. The molecule has 1 aromatic heterocycles. The summed E-state index contributed by atoms with van der Waals surface area (Å²) in [5.74, 6) is 1.20. The Morgan fingerprint density at radius 1 is 1.04 bits per heavy atom. The van der Waals surface area contributed by atoms with E-state index in [4.69, 9.17) is 9.47 Å². The predicted octanol–water partition coefficient (Wildman–Crippen LogP) is 3.68. The van der Waals surface area contributed by atoms with Gasteiger partial charge in [0.25, 0.3) is 5.91 Å². The topological polar surface area (TPSA) is 65.4 Å². The predicted molar refractivity (Wildman–Crippen MR) is 99.9 cm³/mol. The molecular formula is C20H21N3O3. The molecule has 0 fully saturated rings. The van der Waals surface area contributed by atoms with Crippen LogP contribution in [-0.2, 0) is 4.79 Å². The van der Waals surface area contributed by atoms with Crippen LogP contribution in [0.2, 0.25) is 0 Å². The van der Waals surface area contributed by atoms with Crippen molar-refractivity contribution in [2.24, 2.45) is 0 Å². The first-order chi connectivity index (χ1) is 12.7. The largest absolute Gasteiger partial charge is 0.494 e. The highest BCUT2D eigenvalue weighted by Crippen LogP contribution is 2.18. The molecule has 3 aromatic rings. The van der Waals surface area contributed by atoms with E-state index in [1.165, 1.54) is 0 Å². The molecule has 0 aliphatic carbocycles. The second kappa shape index (κ2) is 8.71. The SMILES string of the molecule is CCCOc1ccc(OCC(=O)Nc2ccc(-n3ccnc3)cc2)cc1. The number of anilines is 1. The molecule has 6 nitrogen and oxygen atoms in total. The summed E-state index contributed by atoms with van der Waals surface area (Å²) in [6.07, 6.45) is 6.26. The molecule has 3 rings (SSSR count). The summed E-state index contributed by atoms with van der Waals surface area (Å²) >= 11 is 0. The standard InChI is InChI=1S/C20H21N3O3/c1-2-13-25-18-7-9-19(10-8-18)26-14-20(24)22-16-3-5-17(6-4-16)23-12-11-21-15-23/h3-12,15H,2,13-14H2,1H3,(H,22,24). The zero-order valence-corrected chi connectivity index (χ0v) is 14.6. The number of benzene rings is 2. The number of aromatic nitrogens is 2. The average Bonchev–Trinajstić information content (AvgIpc) is 3.21. The van der Waals surface area contributed by atoms with Crippen molar-refractivity contribution in [1.82, 2.24) is 9.55 Å². The van der Waals surface area contributed by atoms with E-state index in [1.54, 1.807) is 24.7 Å². The van der Waals surface area contributed by atoms with Gasteiger partial charge in [-0.1, -0.05) is 6.92 Å². The molecule has 6 heteroatoms. The molecule has 0 radical (unpaired) electrons. The molecule has 26 heavy (non-hydrogen) atoms. The van der Waals surface area contributed by atoms with Crippen LogP contribution in [0.3, 0.4) is 0 Å². The second-order valence-electron chi connectivity index (χ2n) is 5.67. The quantitative estimate of drug-likeness (QED) is 0.672. The number of hydrogen-bond donors (Lipinski definition) is 1. The van der Waals surface area contributed by atoms with Gasteiger partial charge in [0.05, 0.1) is 12.9 Å². The van der Waals surface area contributed by atoms with Gasteiger partial charge < -0.3 is 19.4 Å². The molecule has 0 spiro atoms. The van der Waals surface area contributed by atoms with Crippen LogP contribution >= 0.6 is 0 Å². The van der Waals surface area contributed by atoms with Gasteiger partial charge >= 0.3 is 0 Å². The van der Waals surface area contributed by atoms with Crippen molar-refractivity contribution in [2.45, 2.75) is 13.3 Å². The molecule has 0 saturated carbocycles. The minimum absolute atomic E-state index is 0.0571. The Kier molecular flexibility index (Phi) is 5.88. The maximum Gasteiger partial charge on any atom is 0.262 e. The highest BCUT2D eigenvalue weighted by molar-refractivity contribution is 5.91. The third-order valence-corrected chi connectivity index (χ3v) is 3.62. The molecule has 0 aliphatic heterocycles. The molecule has 134 valence electrons. The van der Waals surface area contributed by atoms with Crippen LogP contribution in [0.5, 0.6) is 11.5 Å². The van der Waals surface area contributed by atoms with Crippen molar-refractivity contribution in [3.05, 3.63) is 67.3 Å². The van der Waals surface area contributed by atoms with Gasteiger partial charge in [-0.05, 0) is 55.0 Å². The highest BCUT2D eigenvalue weighted by Gasteiger charge is 2.05. The maximum atomic E-state index is 12.0. The van der Waals surface area contributed by atoms with Crippen LogP contribution in [0.4, 0.5) is 5.69 Å². The summed E-state index contributed by atoms with van der Waals surface area (Å²) in [4.78, 5) is 16.0. The van der Waals surface area contributed by atoms with Crippen LogP contribution in [0.1, 0.15) is 13.3 Å². The lowest BCUT2D eigenvalue weighted by Gasteiger charge is -2.09. The van der Waals surface area contributed by atoms with E-state index < -0.39 is 0 Å². The average molecular weight is 351 g/mol. The number of carbonyl (C=O) groups excluding carboxylic acids is 1. The van der Waals surface area contributed by atoms with Gasteiger partial charge in [-0.2, -0.15) is 0 Å². The van der Waals surface area contributed by atoms with E-state index >= 15 is 0 Å². The van der Waals surface area contributed by atoms with Gasteiger partial charge in [-0.3, -0.25) is 4.79 Å². The van der Waals surface area contributed by atoms with E-state index in [-0.39, 0.29) is 12.5 Å².